The van der Waals surface area contributed by atoms with Crippen LogP contribution in [0, 0.1) is 0 Å². The van der Waals surface area contributed by atoms with Gasteiger partial charge in [0.2, 0.25) is 5.91 Å². The first-order valence-electron chi connectivity index (χ1n) is 7.53. The van der Waals surface area contributed by atoms with Gasteiger partial charge in [-0.05, 0) is 37.3 Å². The SMILES string of the molecule is CC(=O)Nc1ccc(NS(=O)(=O)c2cccc(C(C)=O)c2)c(C(F)(F)F)c1. The zero-order valence-electron chi connectivity index (χ0n) is 14.2. The minimum absolute atomic E-state index is 0.106. The van der Waals surface area contributed by atoms with Gasteiger partial charge in [0.05, 0.1) is 16.1 Å². The van der Waals surface area contributed by atoms with Crippen LogP contribution in [0.5, 0.6) is 0 Å². The topological polar surface area (TPSA) is 92.3 Å². The van der Waals surface area contributed by atoms with Gasteiger partial charge in [-0.1, -0.05) is 12.1 Å². The van der Waals surface area contributed by atoms with Gasteiger partial charge in [-0.3, -0.25) is 14.3 Å². The zero-order valence-corrected chi connectivity index (χ0v) is 15.0. The first-order chi connectivity index (χ1) is 12.4. The summed E-state index contributed by atoms with van der Waals surface area (Å²) in [7, 11) is -4.38. The van der Waals surface area contributed by atoms with Crippen LogP contribution in [0.4, 0.5) is 24.5 Å². The van der Waals surface area contributed by atoms with Crippen molar-refractivity contribution >= 4 is 33.1 Å². The van der Waals surface area contributed by atoms with E-state index >= 15 is 0 Å². The standard InChI is InChI=1S/C17H15F3N2O4S/c1-10(23)12-4-3-5-14(8-12)27(25,26)22-16-7-6-13(21-11(2)24)9-15(16)17(18,19)20/h3-9,22H,1-2H3,(H,21,24). The first-order valence-corrected chi connectivity index (χ1v) is 9.01. The Morgan fingerprint density at radius 1 is 1.00 bits per heavy atom. The highest BCUT2D eigenvalue weighted by Crippen LogP contribution is 2.37. The number of hydrogen-bond donors (Lipinski definition) is 2. The number of amides is 1. The van der Waals surface area contributed by atoms with Crippen LogP contribution in [-0.2, 0) is 21.0 Å². The molecule has 0 saturated carbocycles. The van der Waals surface area contributed by atoms with Crippen molar-refractivity contribution in [1.82, 2.24) is 0 Å². The van der Waals surface area contributed by atoms with Crippen LogP contribution < -0.4 is 10.0 Å². The third kappa shape index (κ3) is 5.07. The van der Waals surface area contributed by atoms with E-state index in [0.29, 0.717) is 6.07 Å². The highest BCUT2D eigenvalue weighted by atomic mass is 32.2. The third-order valence-electron chi connectivity index (χ3n) is 3.44. The summed E-state index contributed by atoms with van der Waals surface area (Å²) in [5.41, 5.74) is -1.99. The Labute approximate surface area is 153 Å². The quantitative estimate of drug-likeness (QED) is 0.749. The molecule has 0 aromatic heterocycles. The predicted molar refractivity (Wildman–Crippen MR) is 93.0 cm³/mol. The van der Waals surface area contributed by atoms with Crippen molar-refractivity contribution in [2.75, 3.05) is 10.0 Å². The van der Waals surface area contributed by atoms with E-state index in [9.17, 15) is 31.2 Å². The summed E-state index contributed by atoms with van der Waals surface area (Å²) in [6.07, 6.45) is -4.87. The lowest BCUT2D eigenvalue weighted by molar-refractivity contribution is -0.136. The molecule has 0 fully saturated rings. The van der Waals surface area contributed by atoms with E-state index in [0.717, 1.165) is 31.2 Å². The number of Topliss-reactive ketones (excluding diaryl/α,β-unsaturated/α-hetero) is 1. The maximum Gasteiger partial charge on any atom is 0.418 e. The maximum absolute atomic E-state index is 13.3. The second kappa shape index (κ2) is 7.39. The van der Waals surface area contributed by atoms with Crippen molar-refractivity contribution in [3.05, 3.63) is 53.6 Å². The Balaban J connectivity index is 2.47. The molecular weight excluding hydrogens is 385 g/mol. The highest BCUT2D eigenvalue weighted by Gasteiger charge is 2.35. The number of halogens is 3. The van der Waals surface area contributed by atoms with E-state index in [1.807, 2.05) is 4.72 Å². The molecule has 27 heavy (non-hydrogen) atoms. The van der Waals surface area contributed by atoms with Crippen LogP contribution in [0.3, 0.4) is 0 Å². The van der Waals surface area contributed by atoms with Crippen LogP contribution in [0.1, 0.15) is 29.8 Å². The summed E-state index contributed by atoms with van der Waals surface area (Å²) in [6.45, 7) is 2.37. The van der Waals surface area contributed by atoms with Crippen molar-refractivity contribution in [2.45, 2.75) is 24.9 Å². The second-order valence-electron chi connectivity index (χ2n) is 5.63. The third-order valence-corrected chi connectivity index (χ3v) is 4.80. The first kappa shape index (κ1) is 20.4. The molecule has 2 N–H and O–H groups in total. The number of hydrogen-bond acceptors (Lipinski definition) is 4. The van der Waals surface area contributed by atoms with Gasteiger partial charge in [-0.25, -0.2) is 8.42 Å². The summed E-state index contributed by atoms with van der Waals surface area (Å²) in [5, 5.41) is 2.21. The summed E-state index contributed by atoms with van der Waals surface area (Å²) in [5.74, 6) is -0.958. The van der Waals surface area contributed by atoms with E-state index in [2.05, 4.69) is 5.32 Å². The highest BCUT2D eigenvalue weighted by molar-refractivity contribution is 7.92. The predicted octanol–water partition coefficient (Wildman–Crippen LogP) is 3.67. The minimum atomic E-state index is -4.87. The molecule has 10 heteroatoms. The van der Waals surface area contributed by atoms with Crippen molar-refractivity contribution < 1.29 is 31.2 Å². The lowest BCUT2D eigenvalue weighted by atomic mass is 10.1. The van der Waals surface area contributed by atoms with Crippen molar-refractivity contribution in [2.24, 2.45) is 0 Å². The molecule has 0 aliphatic heterocycles. The average Bonchev–Trinajstić information content (AvgIpc) is 2.54. The lowest BCUT2D eigenvalue weighted by Crippen LogP contribution is -2.18. The molecule has 6 nitrogen and oxygen atoms in total. The molecule has 0 atom stereocenters. The molecule has 1 amide bonds. The molecular formula is C17H15F3N2O4S. The number of carbonyl (C=O) groups is 2. The fourth-order valence-electron chi connectivity index (χ4n) is 2.23. The van der Waals surface area contributed by atoms with Gasteiger partial charge < -0.3 is 5.32 Å². The summed E-state index contributed by atoms with van der Waals surface area (Å²) >= 11 is 0. The van der Waals surface area contributed by atoms with Gasteiger partial charge >= 0.3 is 6.18 Å². The number of sulfonamides is 1. The molecule has 0 aliphatic rings. The molecule has 0 spiro atoms. The molecule has 0 bridgehead atoms. The summed E-state index contributed by atoms with van der Waals surface area (Å²) in [6, 6.07) is 7.62. The molecule has 2 rings (SSSR count). The molecule has 2 aromatic carbocycles. The lowest BCUT2D eigenvalue weighted by Gasteiger charge is -2.16. The van der Waals surface area contributed by atoms with Gasteiger partial charge in [0.1, 0.15) is 0 Å². The number of alkyl halides is 3. The van der Waals surface area contributed by atoms with Crippen LogP contribution in [0.15, 0.2) is 47.4 Å². The molecule has 2 aromatic rings. The van der Waals surface area contributed by atoms with Crippen LogP contribution in [0.25, 0.3) is 0 Å². The van der Waals surface area contributed by atoms with Gasteiger partial charge in [-0.15, -0.1) is 0 Å². The number of nitrogens with one attached hydrogen (secondary N) is 2. The second-order valence-corrected chi connectivity index (χ2v) is 7.31. The van der Waals surface area contributed by atoms with E-state index in [1.54, 1.807) is 0 Å². The van der Waals surface area contributed by atoms with Crippen molar-refractivity contribution in [1.29, 1.82) is 0 Å². The Morgan fingerprint density at radius 2 is 1.67 bits per heavy atom. The van der Waals surface area contributed by atoms with E-state index in [-0.39, 0.29) is 21.9 Å². The van der Waals surface area contributed by atoms with Gasteiger partial charge in [0.15, 0.2) is 5.78 Å². The largest absolute Gasteiger partial charge is 0.418 e. The minimum Gasteiger partial charge on any atom is -0.326 e. The van der Waals surface area contributed by atoms with Gasteiger partial charge in [-0.2, -0.15) is 13.2 Å². The number of ketones is 1. The van der Waals surface area contributed by atoms with Crippen LogP contribution >= 0.6 is 0 Å². The molecule has 0 heterocycles. The number of anilines is 2. The summed E-state index contributed by atoms with van der Waals surface area (Å²) < 4.78 is 66.8. The Morgan fingerprint density at radius 3 is 2.22 bits per heavy atom. The maximum atomic E-state index is 13.3. The Bertz CT molecular complexity index is 1000. The number of carbonyl (C=O) groups excluding carboxylic acids is 2. The van der Waals surface area contributed by atoms with Crippen molar-refractivity contribution in [3.8, 4) is 0 Å². The van der Waals surface area contributed by atoms with Crippen LogP contribution in [0.2, 0.25) is 0 Å². The monoisotopic (exact) mass is 400 g/mol. The number of rotatable bonds is 5. The molecule has 0 aliphatic carbocycles. The Hall–Kier alpha value is -2.88. The molecule has 0 saturated heterocycles. The fourth-order valence-corrected chi connectivity index (χ4v) is 3.36. The van der Waals surface area contributed by atoms with Crippen molar-refractivity contribution in [3.63, 3.8) is 0 Å². The zero-order chi connectivity index (χ0) is 20.4. The van der Waals surface area contributed by atoms with Gasteiger partial charge in [0.25, 0.3) is 10.0 Å². The normalized spacial score (nSPS) is 11.7. The molecule has 0 unspecified atom stereocenters. The molecule has 144 valence electrons. The van der Waals surface area contributed by atoms with E-state index in [4.69, 9.17) is 0 Å². The van der Waals surface area contributed by atoms with Crippen LogP contribution in [-0.4, -0.2) is 20.1 Å². The smallest absolute Gasteiger partial charge is 0.326 e. The van der Waals surface area contributed by atoms with Gasteiger partial charge in [0, 0.05) is 18.2 Å². The van der Waals surface area contributed by atoms with E-state index in [1.165, 1.54) is 19.1 Å². The summed E-state index contributed by atoms with van der Waals surface area (Å²) in [4.78, 5) is 22.1. The average molecular weight is 400 g/mol. The number of benzene rings is 2. The molecule has 0 radical (unpaired) electrons. The Kier molecular flexibility index (Phi) is 5.59. The van der Waals surface area contributed by atoms with E-state index < -0.39 is 33.4 Å². The fraction of sp³-hybridized carbons (Fsp3) is 0.176.